The molecule has 0 radical (unpaired) electrons. The summed E-state index contributed by atoms with van der Waals surface area (Å²) in [5.74, 6) is 0.872. The molecule has 23 heavy (non-hydrogen) atoms. The molecule has 0 atom stereocenters. The van der Waals surface area contributed by atoms with Gasteiger partial charge in [0.1, 0.15) is 0 Å². The fourth-order valence-electron chi connectivity index (χ4n) is 2.98. The highest BCUT2D eigenvalue weighted by molar-refractivity contribution is 7.13. The summed E-state index contributed by atoms with van der Waals surface area (Å²) >= 11 is 3.62. The van der Waals surface area contributed by atoms with E-state index in [1.165, 1.54) is 26.6 Å². The molecule has 0 fully saturated rings. The van der Waals surface area contributed by atoms with Gasteiger partial charge in [-0.05, 0) is 36.9 Å². The number of thiophene rings is 2. The summed E-state index contributed by atoms with van der Waals surface area (Å²) in [7, 11) is 0. The van der Waals surface area contributed by atoms with Gasteiger partial charge >= 0.3 is 0 Å². The standard InChI is InChI=1S/C18H19N3S2/c1-12-8-15(23-13(12)2)11-21-6-5-16-14(10-21)9-19-18(20-16)17-4-3-7-22-17/h3-4,7-9H,5-6,10-11H2,1-2H3. The van der Waals surface area contributed by atoms with E-state index in [1.54, 1.807) is 11.3 Å². The van der Waals surface area contributed by atoms with Crippen molar-refractivity contribution in [1.82, 2.24) is 14.9 Å². The topological polar surface area (TPSA) is 29.0 Å². The van der Waals surface area contributed by atoms with Crippen LogP contribution in [0.15, 0.2) is 29.8 Å². The molecule has 0 unspecified atom stereocenters. The molecule has 0 N–H and O–H groups in total. The summed E-state index contributed by atoms with van der Waals surface area (Å²) in [6.07, 6.45) is 3.04. The van der Waals surface area contributed by atoms with Gasteiger partial charge in [-0.1, -0.05) is 6.07 Å². The van der Waals surface area contributed by atoms with Gasteiger partial charge in [0, 0.05) is 47.6 Å². The number of nitrogens with zero attached hydrogens (tertiary/aromatic N) is 3. The van der Waals surface area contributed by atoms with Gasteiger partial charge in [-0.3, -0.25) is 4.90 Å². The fourth-order valence-corrected chi connectivity index (χ4v) is 4.74. The lowest BCUT2D eigenvalue weighted by Crippen LogP contribution is -2.30. The van der Waals surface area contributed by atoms with E-state index in [-0.39, 0.29) is 0 Å². The van der Waals surface area contributed by atoms with Crippen LogP contribution in [-0.2, 0) is 19.5 Å². The third-order valence-electron chi connectivity index (χ3n) is 4.35. The maximum absolute atomic E-state index is 4.79. The van der Waals surface area contributed by atoms with Gasteiger partial charge < -0.3 is 0 Å². The monoisotopic (exact) mass is 341 g/mol. The highest BCUT2D eigenvalue weighted by atomic mass is 32.1. The predicted molar refractivity (Wildman–Crippen MR) is 97.0 cm³/mol. The third kappa shape index (κ3) is 3.09. The Labute approximate surface area is 144 Å². The minimum absolute atomic E-state index is 0.872. The smallest absolute Gasteiger partial charge is 0.169 e. The lowest BCUT2D eigenvalue weighted by atomic mass is 10.1. The molecule has 3 nitrogen and oxygen atoms in total. The zero-order valence-corrected chi connectivity index (χ0v) is 15.0. The maximum atomic E-state index is 4.79. The summed E-state index contributed by atoms with van der Waals surface area (Å²) in [5.41, 5.74) is 3.91. The van der Waals surface area contributed by atoms with E-state index in [0.717, 1.165) is 36.8 Å². The Bertz CT molecular complexity index is 801. The van der Waals surface area contributed by atoms with Gasteiger partial charge in [-0.2, -0.15) is 0 Å². The summed E-state index contributed by atoms with van der Waals surface area (Å²) in [6, 6.07) is 6.46. The molecule has 0 saturated heterocycles. The minimum Gasteiger partial charge on any atom is -0.293 e. The molecule has 0 bridgehead atoms. The van der Waals surface area contributed by atoms with E-state index >= 15 is 0 Å². The molecule has 118 valence electrons. The maximum Gasteiger partial charge on any atom is 0.169 e. The number of aromatic nitrogens is 2. The molecule has 5 heteroatoms. The first-order valence-corrected chi connectivity index (χ1v) is 9.55. The Balaban J connectivity index is 1.51. The van der Waals surface area contributed by atoms with Crippen LogP contribution in [0.5, 0.6) is 0 Å². The van der Waals surface area contributed by atoms with Crippen molar-refractivity contribution in [2.45, 2.75) is 33.4 Å². The van der Waals surface area contributed by atoms with E-state index in [0.29, 0.717) is 0 Å². The molecule has 3 aromatic heterocycles. The zero-order valence-electron chi connectivity index (χ0n) is 13.4. The first-order valence-electron chi connectivity index (χ1n) is 7.86. The molecule has 0 saturated carbocycles. The molecular weight excluding hydrogens is 322 g/mol. The van der Waals surface area contributed by atoms with Gasteiger partial charge in [0.25, 0.3) is 0 Å². The molecule has 0 aliphatic carbocycles. The summed E-state index contributed by atoms with van der Waals surface area (Å²) in [6.45, 7) is 7.46. The highest BCUT2D eigenvalue weighted by Gasteiger charge is 2.19. The summed E-state index contributed by atoms with van der Waals surface area (Å²) < 4.78 is 0. The highest BCUT2D eigenvalue weighted by Crippen LogP contribution is 2.26. The van der Waals surface area contributed by atoms with Gasteiger partial charge in [-0.15, -0.1) is 22.7 Å². The Morgan fingerprint density at radius 3 is 2.96 bits per heavy atom. The van der Waals surface area contributed by atoms with E-state index in [1.807, 2.05) is 17.5 Å². The van der Waals surface area contributed by atoms with Crippen molar-refractivity contribution in [2.75, 3.05) is 6.54 Å². The molecule has 0 amide bonds. The van der Waals surface area contributed by atoms with Crippen molar-refractivity contribution < 1.29 is 0 Å². The van der Waals surface area contributed by atoms with E-state index in [4.69, 9.17) is 4.98 Å². The van der Waals surface area contributed by atoms with Crippen molar-refractivity contribution in [3.63, 3.8) is 0 Å². The molecule has 4 heterocycles. The molecule has 1 aliphatic heterocycles. The quantitative estimate of drug-likeness (QED) is 0.705. The Morgan fingerprint density at radius 1 is 1.30 bits per heavy atom. The Hall–Kier alpha value is -1.56. The molecule has 4 rings (SSSR count). The first kappa shape index (κ1) is 15.0. The number of aryl methyl sites for hydroxylation is 2. The van der Waals surface area contributed by atoms with Crippen molar-refractivity contribution in [2.24, 2.45) is 0 Å². The van der Waals surface area contributed by atoms with Crippen molar-refractivity contribution in [3.05, 3.63) is 56.4 Å². The molecule has 0 aromatic carbocycles. The fraction of sp³-hybridized carbons (Fsp3) is 0.333. The second kappa shape index (κ2) is 6.15. The first-order chi connectivity index (χ1) is 11.2. The number of hydrogen-bond acceptors (Lipinski definition) is 5. The minimum atomic E-state index is 0.872. The van der Waals surface area contributed by atoms with Crippen LogP contribution in [0.3, 0.4) is 0 Å². The number of fused-ring (bicyclic) bond motifs is 1. The second-order valence-electron chi connectivity index (χ2n) is 6.06. The van der Waals surface area contributed by atoms with Gasteiger partial charge in [0.2, 0.25) is 0 Å². The second-order valence-corrected chi connectivity index (χ2v) is 8.34. The Kier molecular flexibility index (Phi) is 4.01. The normalized spacial score (nSPS) is 14.9. The van der Waals surface area contributed by atoms with Gasteiger partial charge in [-0.25, -0.2) is 9.97 Å². The van der Waals surface area contributed by atoms with Crippen molar-refractivity contribution in [3.8, 4) is 10.7 Å². The zero-order chi connectivity index (χ0) is 15.8. The van der Waals surface area contributed by atoms with Crippen LogP contribution < -0.4 is 0 Å². The lowest BCUT2D eigenvalue weighted by Gasteiger charge is -2.27. The average molecular weight is 342 g/mol. The summed E-state index contributed by atoms with van der Waals surface area (Å²) in [4.78, 5) is 15.9. The molecular formula is C18H19N3S2. The van der Waals surface area contributed by atoms with Crippen LogP contribution in [0.4, 0.5) is 0 Å². The summed E-state index contributed by atoms with van der Waals surface area (Å²) in [5, 5.41) is 2.07. The van der Waals surface area contributed by atoms with Crippen molar-refractivity contribution >= 4 is 22.7 Å². The third-order valence-corrected chi connectivity index (χ3v) is 6.35. The number of hydrogen-bond donors (Lipinski definition) is 0. The van der Waals surface area contributed by atoms with Crippen molar-refractivity contribution in [1.29, 1.82) is 0 Å². The average Bonchev–Trinajstić information content (AvgIpc) is 3.18. The van der Waals surface area contributed by atoms with E-state index in [2.05, 4.69) is 47.3 Å². The largest absolute Gasteiger partial charge is 0.293 e. The van der Waals surface area contributed by atoms with Crippen LogP contribution in [0.25, 0.3) is 10.7 Å². The predicted octanol–water partition coefficient (Wildman–Crippen LogP) is 4.44. The lowest BCUT2D eigenvalue weighted by molar-refractivity contribution is 0.245. The molecule has 3 aromatic rings. The van der Waals surface area contributed by atoms with Crippen LogP contribution >= 0.6 is 22.7 Å². The van der Waals surface area contributed by atoms with Gasteiger partial charge in [0.15, 0.2) is 5.82 Å². The van der Waals surface area contributed by atoms with Crippen LogP contribution in [0.1, 0.15) is 26.6 Å². The van der Waals surface area contributed by atoms with Gasteiger partial charge in [0.05, 0.1) is 10.6 Å². The molecule has 0 spiro atoms. The van der Waals surface area contributed by atoms with Crippen LogP contribution in [0.2, 0.25) is 0 Å². The Morgan fingerprint density at radius 2 is 2.22 bits per heavy atom. The van der Waals surface area contributed by atoms with E-state index in [9.17, 15) is 0 Å². The van der Waals surface area contributed by atoms with E-state index < -0.39 is 0 Å². The van der Waals surface area contributed by atoms with Crippen LogP contribution in [-0.4, -0.2) is 21.4 Å². The number of rotatable bonds is 3. The SMILES string of the molecule is Cc1cc(CN2CCc3nc(-c4cccs4)ncc3C2)sc1C. The van der Waals surface area contributed by atoms with Crippen LogP contribution in [0, 0.1) is 13.8 Å². The molecule has 1 aliphatic rings.